The predicted molar refractivity (Wildman–Crippen MR) is 109 cm³/mol. The third-order valence-electron chi connectivity index (χ3n) is 3.81. The van der Waals surface area contributed by atoms with Gasteiger partial charge in [-0.15, -0.1) is 0 Å². The van der Waals surface area contributed by atoms with Crippen LogP contribution in [-0.2, 0) is 6.61 Å². The van der Waals surface area contributed by atoms with E-state index in [-0.39, 0.29) is 0 Å². The quantitative estimate of drug-likeness (QED) is 0.597. The van der Waals surface area contributed by atoms with Gasteiger partial charge in [0.25, 0.3) is 11.8 Å². The van der Waals surface area contributed by atoms with E-state index in [9.17, 15) is 9.59 Å². The molecule has 0 aliphatic heterocycles. The highest BCUT2D eigenvalue weighted by atomic mass is 35.5. The van der Waals surface area contributed by atoms with Crippen molar-refractivity contribution < 1.29 is 14.3 Å². The summed E-state index contributed by atoms with van der Waals surface area (Å²) in [5.41, 5.74) is 6.38. The van der Waals surface area contributed by atoms with Crippen LogP contribution in [0, 0.1) is 0 Å². The molecule has 7 heteroatoms. The second kappa shape index (κ2) is 9.26. The molecule has 0 heterocycles. The Labute approximate surface area is 172 Å². The Morgan fingerprint density at radius 2 is 1.39 bits per heavy atom. The number of ether oxygens (including phenoxy) is 1. The summed E-state index contributed by atoms with van der Waals surface area (Å²) < 4.78 is 5.66. The third-order valence-corrected chi connectivity index (χ3v) is 4.30. The lowest BCUT2D eigenvalue weighted by Crippen LogP contribution is -2.41. The Bertz CT molecular complexity index is 974. The van der Waals surface area contributed by atoms with Crippen LogP contribution in [0.2, 0.25) is 10.0 Å². The van der Waals surface area contributed by atoms with Crippen LogP contribution in [0.1, 0.15) is 26.3 Å². The molecule has 28 heavy (non-hydrogen) atoms. The van der Waals surface area contributed by atoms with E-state index in [4.69, 9.17) is 27.9 Å². The van der Waals surface area contributed by atoms with E-state index in [0.29, 0.717) is 33.5 Å². The first kappa shape index (κ1) is 19.7. The Morgan fingerprint density at radius 3 is 2.04 bits per heavy atom. The first-order valence-corrected chi connectivity index (χ1v) is 9.10. The van der Waals surface area contributed by atoms with Gasteiger partial charge in [-0.1, -0.05) is 41.4 Å². The number of nitrogens with one attached hydrogen (secondary N) is 2. The monoisotopic (exact) mass is 414 g/mol. The summed E-state index contributed by atoms with van der Waals surface area (Å²) in [6.45, 7) is 0.356. The van der Waals surface area contributed by atoms with Gasteiger partial charge in [-0.25, -0.2) is 0 Å². The van der Waals surface area contributed by atoms with Gasteiger partial charge in [0.15, 0.2) is 0 Å². The number of rotatable bonds is 5. The maximum absolute atomic E-state index is 12.2. The first-order valence-electron chi connectivity index (χ1n) is 8.35. The van der Waals surface area contributed by atoms with E-state index >= 15 is 0 Å². The van der Waals surface area contributed by atoms with Crippen molar-refractivity contribution in [2.24, 2.45) is 0 Å². The Kier molecular flexibility index (Phi) is 6.53. The molecule has 5 nitrogen and oxygen atoms in total. The van der Waals surface area contributed by atoms with Crippen molar-refractivity contribution in [1.29, 1.82) is 0 Å². The van der Waals surface area contributed by atoms with Crippen LogP contribution in [0.4, 0.5) is 0 Å². The van der Waals surface area contributed by atoms with E-state index in [0.717, 1.165) is 5.56 Å². The highest BCUT2D eigenvalue weighted by Crippen LogP contribution is 2.17. The SMILES string of the molecule is O=C(NNC(=O)c1cccc(Cl)c1)c1ccc(COc2ccc(Cl)cc2)cc1. The summed E-state index contributed by atoms with van der Waals surface area (Å²) in [4.78, 5) is 24.2. The van der Waals surface area contributed by atoms with Crippen molar-refractivity contribution in [2.45, 2.75) is 6.61 Å². The maximum atomic E-state index is 12.2. The minimum absolute atomic E-state index is 0.350. The molecule has 0 bridgehead atoms. The first-order chi connectivity index (χ1) is 13.5. The topological polar surface area (TPSA) is 67.4 Å². The number of hydrogen-bond donors (Lipinski definition) is 2. The molecule has 0 aliphatic carbocycles. The van der Waals surface area contributed by atoms with Crippen molar-refractivity contribution in [1.82, 2.24) is 10.9 Å². The molecule has 0 spiro atoms. The van der Waals surface area contributed by atoms with Crippen molar-refractivity contribution in [3.05, 3.63) is 99.5 Å². The molecule has 2 N–H and O–H groups in total. The molecule has 0 aliphatic rings. The molecule has 0 saturated carbocycles. The number of benzene rings is 3. The molecule has 3 rings (SSSR count). The molecule has 2 amide bonds. The van der Waals surface area contributed by atoms with Crippen LogP contribution < -0.4 is 15.6 Å². The summed E-state index contributed by atoms with van der Waals surface area (Å²) in [5, 5.41) is 1.08. The minimum atomic E-state index is -0.455. The summed E-state index contributed by atoms with van der Waals surface area (Å²) >= 11 is 11.7. The van der Waals surface area contributed by atoms with E-state index in [2.05, 4.69) is 10.9 Å². The Hall–Kier alpha value is -3.02. The Morgan fingerprint density at radius 1 is 0.750 bits per heavy atom. The van der Waals surface area contributed by atoms with Gasteiger partial charge in [0.2, 0.25) is 0 Å². The molecule has 142 valence electrons. The zero-order chi connectivity index (χ0) is 19.9. The molecule has 0 unspecified atom stereocenters. The summed E-state index contributed by atoms with van der Waals surface area (Å²) in [6.07, 6.45) is 0. The van der Waals surface area contributed by atoms with Crippen molar-refractivity contribution in [2.75, 3.05) is 0 Å². The lowest BCUT2D eigenvalue weighted by Gasteiger charge is -2.09. The molecule has 3 aromatic carbocycles. The van der Waals surface area contributed by atoms with Gasteiger partial charge in [-0.05, 0) is 60.2 Å². The molecule has 0 saturated heterocycles. The molecule has 3 aromatic rings. The van der Waals surface area contributed by atoms with Gasteiger partial charge >= 0.3 is 0 Å². The van der Waals surface area contributed by atoms with Gasteiger partial charge < -0.3 is 4.74 Å². The van der Waals surface area contributed by atoms with Crippen molar-refractivity contribution in [3.8, 4) is 5.75 Å². The van der Waals surface area contributed by atoms with Gasteiger partial charge in [0.1, 0.15) is 12.4 Å². The van der Waals surface area contributed by atoms with Gasteiger partial charge in [-0.3, -0.25) is 20.4 Å². The van der Waals surface area contributed by atoms with Gasteiger partial charge in [-0.2, -0.15) is 0 Å². The van der Waals surface area contributed by atoms with E-state index < -0.39 is 11.8 Å². The zero-order valence-electron chi connectivity index (χ0n) is 14.6. The molecule has 0 radical (unpaired) electrons. The van der Waals surface area contributed by atoms with E-state index in [1.165, 1.54) is 6.07 Å². The second-order valence-electron chi connectivity index (χ2n) is 5.86. The number of amides is 2. The van der Waals surface area contributed by atoms with Crippen LogP contribution >= 0.6 is 23.2 Å². The number of carbonyl (C=O) groups excluding carboxylic acids is 2. The lowest BCUT2D eigenvalue weighted by atomic mass is 10.1. The average Bonchev–Trinajstić information content (AvgIpc) is 2.71. The largest absolute Gasteiger partial charge is 0.489 e. The standard InChI is InChI=1S/C21H16Cl2N2O3/c22-17-8-10-19(11-9-17)28-13-14-4-6-15(7-5-14)20(26)24-25-21(27)16-2-1-3-18(23)12-16/h1-12H,13H2,(H,24,26)(H,25,27). The minimum Gasteiger partial charge on any atom is -0.489 e. The fourth-order valence-electron chi connectivity index (χ4n) is 2.34. The molecule has 0 atom stereocenters. The molecular weight excluding hydrogens is 399 g/mol. The van der Waals surface area contributed by atoms with Crippen molar-refractivity contribution >= 4 is 35.0 Å². The summed E-state index contributed by atoms with van der Waals surface area (Å²) in [7, 11) is 0. The van der Waals surface area contributed by atoms with Gasteiger partial charge in [0, 0.05) is 21.2 Å². The predicted octanol–water partition coefficient (Wildman–Crippen LogP) is 4.65. The van der Waals surface area contributed by atoms with Crippen LogP contribution in [0.15, 0.2) is 72.8 Å². The lowest BCUT2D eigenvalue weighted by molar-refractivity contribution is 0.0846. The molecule has 0 fully saturated rings. The summed E-state index contributed by atoms with van der Waals surface area (Å²) in [5.74, 6) is -0.181. The average molecular weight is 415 g/mol. The maximum Gasteiger partial charge on any atom is 0.269 e. The fraction of sp³-hybridized carbons (Fsp3) is 0.0476. The van der Waals surface area contributed by atoms with Crippen LogP contribution in [-0.4, -0.2) is 11.8 Å². The molecular formula is C21H16Cl2N2O3. The fourth-order valence-corrected chi connectivity index (χ4v) is 2.65. The molecule has 0 aromatic heterocycles. The van der Waals surface area contributed by atoms with Crippen LogP contribution in [0.25, 0.3) is 0 Å². The number of hydrogen-bond acceptors (Lipinski definition) is 3. The van der Waals surface area contributed by atoms with Gasteiger partial charge in [0.05, 0.1) is 0 Å². The zero-order valence-corrected chi connectivity index (χ0v) is 16.1. The third kappa shape index (κ3) is 5.49. The number of carbonyl (C=O) groups is 2. The highest BCUT2D eigenvalue weighted by molar-refractivity contribution is 6.31. The smallest absolute Gasteiger partial charge is 0.269 e. The number of halogens is 2. The Balaban J connectivity index is 1.51. The van der Waals surface area contributed by atoms with E-state index in [1.807, 2.05) is 0 Å². The van der Waals surface area contributed by atoms with Crippen LogP contribution in [0.5, 0.6) is 5.75 Å². The summed E-state index contributed by atoms with van der Waals surface area (Å²) in [6, 6.07) is 20.4. The van der Waals surface area contributed by atoms with Crippen LogP contribution in [0.3, 0.4) is 0 Å². The van der Waals surface area contributed by atoms with E-state index in [1.54, 1.807) is 66.7 Å². The second-order valence-corrected chi connectivity index (χ2v) is 6.73. The highest BCUT2D eigenvalue weighted by Gasteiger charge is 2.09. The van der Waals surface area contributed by atoms with Crippen molar-refractivity contribution in [3.63, 3.8) is 0 Å². The normalized spacial score (nSPS) is 10.2. The number of hydrazine groups is 1.